The summed E-state index contributed by atoms with van der Waals surface area (Å²) in [5.41, 5.74) is 6.26. The second-order valence-corrected chi connectivity index (χ2v) is 3.99. The Morgan fingerprint density at radius 3 is 2.72 bits per heavy atom. The average molecular weight is 251 g/mol. The van der Waals surface area contributed by atoms with Crippen LogP contribution in [0.5, 0.6) is 0 Å². The van der Waals surface area contributed by atoms with Gasteiger partial charge in [-0.2, -0.15) is 0 Å². The Balaban J connectivity index is 2.76. The molecule has 0 spiro atoms. The summed E-state index contributed by atoms with van der Waals surface area (Å²) in [6, 6.07) is 6.43. The molecule has 1 aromatic carbocycles. The first-order valence-electron chi connectivity index (χ1n) is 5.46. The molecule has 0 aromatic heterocycles. The van der Waals surface area contributed by atoms with Crippen molar-refractivity contribution >= 4 is 11.7 Å². The molecule has 0 fully saturated rings. The minimum Gasteiger partial charge on any atom is -0.388 e. The quantitative estimate of drug-likeness (QED) is 0.358. The Hall–Kier alpha value is -1.92. The molecule has 0 radical (unpaired) electrons. The molecule has 0 aliphatic rings. The number of amidine groups is 1. The van der Waals surface area contributed by atoms with Crippen LogP contribution in [0.2, 0.25) is 0 Å². The van der Waals surface area contributed by atoms with E-state index in [-0.39, 0.29) is 18.3 Å². The molecular formula is C12H17N3O3. The molecule has 6 N–H and O–H groups in total. The summed E-state index contributed by atoms with van der Waals surface area (Å²) in [6.07, 6.45) is -2.26. The van der Waals surface area contributed by atoms with E-state index in [0.717, 1.165) is 0 Å². The van der Waals surface area contributed by atoms with Gasteiger partial charge in [0.25, 0.3) is 0 Å². The van der Waals surface area contributed by atoms with Gasteiger partial charge >= 0.3 is 0 Å². The highest BCUT2D eigenvalue weighted by molar-refractivity contribution is 5.95. The lowest BCUT2D eigenvalue weighted by Crippen LogP contribution is -2.34. The molecule has 0 aliphatic carbocycles. The van der Waals surface area contributed by atoms with Gasteiger partial charge < -0.3 is 21.3 Å². The van der Waals surface area contributed by atoms with Crippen molar-refractivity contribution in [1.29, 1.82) is 5.41 Å². The van der Waals surface area contributed by atoms with Crippen molar-refractivity contribution in [1.82, 2.24) is 5.32 Å². The van der Waals surface area contributed by atoms with Gasteiger partial charge in [-0.15, -0.1) is 0 Å². The van der Waals surface area contributed by atoms with Gasteiger partial charge in [-0.25, -0.2) is 0 Å². The number of benzene rings is 1. The predicted molar refractivity (Wildman–Crippen MR) is 67.1 cm³/mol. The van der Waals surface area contributed by atoms with Gasteiger partial charge in [-0.3, -0.25) is 10.2 Å². The van der Waals surface area contributed by atoms with E-state index in [1.165, 1.54) is 13.0 Å². The molecular weight excluding hydrogens is 234 g/mol. The maximum absolute atomic E-state index is 10.7. The fourth-order valence-corrected chi connectivity index (χ4v) is 1.47. The fraction of sp³-hybridized carbons (Fsp3) is 0.333. The van der Waals surface area contributed by atoms with Gasteiger partial charge in [-0.1, -0.05) is 18.2 Å². The largest absolute Gasteiger partial charge is 0.388 e. The zero-order valence-electron chi connectivity index (χ0n) is 10.1. The first kappa shape index (κ1) is 14.1. The number of nitrogen functional groups attached to an aromatic ring is 1. The van der Waals surface area contributed by atoms with Gasteiger partial charge in [0, 0.05) is 19.0 Å². The molecule has 2 unspecified atom stereocenters. The van der Waals surface area contributed by atoms with Crippen LogP contribution in [0, 0.1) is 5.41 Å². The van der Waals surface area contributed by atoms with Gasteiger partial charge in [0.05, 0.1) is 0 Å². The van der Waals surface area contributed by atoms with Crippen LogP contribution in [-0.4, -0.2) is 34.6 Å². The average Bonchev–Trinajstić information content (AvgIpc) is 2.35. The van der Waals surface area contributed by atoms with Crippen LogP contribution in [0.1, 0.15) is 24.2 Å². The number of nitrogens with two attached hydrogens (primary N) is 1. The third-order valence-corrected chi connectivity index (χ3v) is 2.46. The molecule has 0 saturated heterocycles. The third kappa shape index (κ3) is 3.83. The lowest BCUT2D eigenvalue weighted by Gasteiger charge is -2.18. The van der Waals surface area contributed by atoms with Gasteiger partial charge in [0.1, 0.15) is 18.0 Å². The van der Waals surface area contributed by atoms with E-state index in [4.69, 9.17) is 11.1 Å². The lowest BCUT2D eigenvalue weighted by molar-refractivity contribution is -0.119. The summed E-state index contributed by atoms with van der Waals surface area (Å²) in [5.74, 6) is -0.390. The first-order chi connectivity index (χ1) is 8.41. The molecule has 1 amide bonds. The maximum Gasteiger partial charge on any atom is 0.216 e. The molecule has 0 heterocycles. The number of rotatable bonds is 5. The fourth-order valence-electron chi connectivity index (χ4n) is 1.47. The topological polar surface area (TPSA) is 119 Å². The van der Waals surface area contributed by atoms with Crippen molar-refractivity contribution in [2.45, 2.75) is 19.1 Å². The summed E-state index contributed by atoms with van der Waals surface area (Å²) < 4.78 is 0. The number of hydrogen-bond donors (Lipinski definition) is 5. The van der Waals surface area contributed by atoms with Crippen molar-refractivity contribution in [3.05, 3.63) is 35.4 Å². The number of carbonyl (C=O) groups excluding carboxylic acids is 1. The van der Waals surface area contributed by atoms with Crippen molar-refractivity contribution in [3.8, 4) is 0 Å². The van der Waals surface area contributed by atoms with E-state index >= 15 is 0 Å². The van der Waals surface area contributed by atoms with Crippen LogP contribution < -0.4 is 11.1 Å². The van der Waals surface area contributed by atoms with Gasteiger partial charge in [0.15, 0.2) is 0 Å². The summed E-state index contributed by atoms with van der Waals surface area (Å²) in [5, 5.41) is 29.3. The van der Waals surface area contributed by atoms with Crippen molar-refractivity contribution in [3.63, 3.8) is 0 Å². The monoisotopic (exact) mass is 251 g/mol. The molecule has 6 heteroatoms. The Morgan fingerprint density at radius 2 is 2.17 bits per heavy atom. The molecule has 1 rings (SSSR count). The summed E-state index contributed by atoms with van der Waals surface area (Å²) in [6.45, 7) is 1.29. The minimum atomic E-state index is -1.14. The third-order valence-electron chi connectivity index (χ3n) is 2.46. The van der Waals surface area contributed by atoms with Crippen molar-refractivity contribution < 1.29 is 15.0 Å². The van der Waals surface area contributed by atoms with Gasteiger partial charge in [-0.05, 0) is 11.6 Å². The van der Waals surface area contributed by atoms with Crippen LogP contribution in [0.3, 0.4) is 0 Å². The highest BCUT2D eigenvalue weighted by atomic mass is 16.3. The summed E-state index contributed by atoms with van der Waals surface area (Å²) >= 11 is 0. The second kappa shape index (κ2) is 6.13. The number of aliphatic hydroxyl groups is 2. The van der Waals surface area contributed by atoms with Crippen molar-refractivity contribution in [2.24, 2.45) is 5.73 Å². The van der Waals surface area contributed by atoms with Crippen LogP contribution in [0.25, 0.3) is 0 Å². The van der Waals surface area contributed by atoms with Crippen molar-refractivity contribution in [2.75, 3.05) is 6.54 Å². The van der Waals surface area contributed by atoms with E-state index in [9.17, 15) is 15.0 Å². The number of carbonyl (C=O) groups is 1. The van der Waals surface area contributed by atoms with E-state index in [2.05, 4.69) is 5.32 Å². The Bertz CT molecular complexity index is 448. The van der Waals surface area contributed by atoms with Gasteiger partial charge in [0.2, 0.25) is 5.91 Å². The molecule has 0 bridgehead atoms. The van der Waals surface area contributed by atoms with Crippen LogP contribution in [0.4, 0.5) is 0 Å². The van der Waals surface area contributed by atoms with Crippen LogP contribution >= 0.6 is 0 Å². The number of nitrogens with one attached hydrogen (secondary N) is 2. The Labute approximate surface area is 105 Å². The Morgan fingerprint density at radius 1 is 1.50 bits per heavy atom. The SMILES string of the molecule is CC(=O)NCC(O)C(O)c1cccc(C(=N)N)c1. The van der Waals surface area contributed by atoms with Crippen LogP contribution in [-0.2, 0) is 4.79 Å². The molecule has 6 nitrogen and oxygen atoms in total. The first-order valence-corrected chi connectivity index (χ1v) is 5.46. The molecule has 2 atom stereocenters. The van der Waals surface area contributed by atoms with E-state index in [1.54, 1.807) is 18.2 Å². The highest BCUT2D eigenvalue weighted by Crippen LogP contribution is 2.17. The van der Waals surface area contributed by atoms with Crippen LogP contribution in [0.15, 0.2) is 24.3 Å². The normalized spacial score (nSPS) is 13.7. The highest BCUT2D eigenvalue weighted by Gasteiger charge is 2.18. The molecule has 1 aromatic rings. The molecule has 98 valence electrons. The molecule has 0 aliphatic heterocycles. The molecule has 18 heavy (non-hydrogen) atoms. The zero-order valence-corrected chi connectivity index (χ0v) is 10.1. The van der Waals surface area contributed by atoms with E-state index in [1.807, 2.05) is 0 Å². The number of hydrogen-bond acceptors (Lipinski definition) is 4. The maximum atomic E-state index is 10.7. The summed E-state index contributed by atoms with van der Waals surface area (Å²) in [7, 11) is 0. The second-order valence-electron chi connectivity index (χ2n) is 3.99. The van der Waals surface area contributed by atoms with E-state index < -0.39 is 12.2 Å². The standard InChI is InChI=1S/C12H17N3O3/c1-7(16)15-6-10(17)11(18)8-3-2-4-9(5-8)12(13)14/h2-5,10-11,17-18H,6H2,1H3,(H3,13,14)(H,15,16). The Kier molecular flexibility index (Phi) is 4.82. The molecule has 0 saturated carbocycles. The minimum absolute atomic E-state index is 0.0409. The smallest absolute Gasteiger partial charge is 0.216 e. The number of aliphatic hydroxyl groups excluding tert-OH is 2. The summed E-state index contributed by atoms with van der Waals surface area (Å²) in [4.78, 5) is 10.7. The van der Waals surface area contributed by atoms with E-state index in [0.29, 0.717) is 11.1 Å². The zero-order chi connectivity index (χ0) is 13.7. The predicted octanol–water partition coefficient (Wildman–Crippen LogP) is -0.499. The number of amides is 1. The lowest BCUT2D eigenvalue weighted by atomic mass is 10.0.